The number of nitrogens with one attached hydrogen (secondary N) is 1. The van der Waals surface area contributed by atoms with Crippen LogP contribution in [0.2, 0.25) is 0 Å². The molecular formula is C28H27N3O2S. The van der Waals surface area contributed by atoms with E-state index in [2.05, 4.69) is 53.8 Å². The maximum atomic E-state index is 13.0. The molecule has 34 heavy (non-hydrogen) atoms. The van der Waals surface area contributed by atoms with E-state index in [9.17, 15) is 9.59 Å². The molecule has 0 bridgehead atoms. The normalized spacial score (nSPS) is 13.3. The quantitative estimate of drug-likeness (QED) is 0.272. The molecule has 0 atom stereocenters. The molecule has 5 nitrogen and oxygen atoms in total. The summed E-state index contributed by atoms with van der Waals surface area (Å²) in [7, 11) is 0. The largest absolute Gasteiger partial charge is 0.355 e. The number of benzene rings is 3. The zero-order chi connectivity index (χ0) is 23.3. The smallest absolute Gasteiger partial charge is 0.262 e. The van der Waals surface area contributed by atoms with Crippen molar-refractivity contribution in [1.29, 1.82) is 0 Å². The first kappa shape index (κ1) is 22.4. The third-order valence-electron chi connectivity index (χ3n) is 6.18. The van der Waals surface area contributed by atoms with E-state index in [4.69, 9.17) is 4.98 Å². The zero-order valence-corrected chi connectivity index (χ0v) is 19.7. The van der Waals surface area contributed by atoms with Crippen molar-refractivity contribution in [2.45, 2.75) is 36.4 Å². The molecule has 1 N–H and O–H groups in total. The van der Waals surface area contributed by atoms with Crippen molar-refractivity contribution in [2.24, 2.45) is 0 Å². The fraction of sp³-hybridized carbons (Fsp3) is 0.250. The van der Waals surface area contributed by atoms with Gasteiger partial charge in [0.15, 0.2) is 5.16 Å². The lowest BCUT2D eigenvalue weighted by Crippen LogP contribution is -2.28. The van der Waals surface area contributed by atoms with Crippen molar-refractivity contribution >= 4 is 28.6 Å². The van der Waals surface area contributed by atoms with E-state index in [-0.39, 0.29) is 29.2 Å². The van der Waals surface area contributed by atoms with Gasteiger partial charge in [-0.1, -0.05) is 84.6 Å². The van der Waals surface area contributed by atoms with Gasteiger partial charge in [-0.25, -0.2) is 4.98 Å². The standard InChI is InChI=1S/C28H27N3O2S/c32-26(29-18-17-23(20-9-3-1-4-10-20)21-11-5-2-6-12-21)19-34-28-30-25-14-8-7-13-24(25)27(33)31(28)22-15-16-22/h1-14,22-23H,15-19H2,(H,29,32). The van der Waals surface area contributed by atoms with Gasteiger partial charge in [-0.05, 0) is 42.5 Å². The highest BCUT2D eigenvalue weighted by Crippen LogP contribution is 2.36. The lowest BCUT2D eigenvalue weighted by Gasteiger charge is -2.18. The molecule has 1 fully saturated rings. The summed E-state index contributed by atoms with van der Waals surface area (Å²) >= 11 is 1.34. The molecule has 0 radical (unpaired) electrons. The van der Waals surface area contributed by atoms with Crippen LogP contribution < -0.4 is 10.9 Å². The number of aromatic nitrogens is 2. The summed E-state index contributed by atoms with van der Waals surface area (Å²) in [5.41, 5.74) is 3.16. The summed E-state index contributed by atoms with van der Waals surface area (Å²) in [6, 6.07) is 28.4. The van der Waals surface area contributed by atoms with E-state index in [1.165, 1.54) is 22.9 Å². The van der Waals surface area contributed by atoms with Gasteiger partial charge in [-0.3, -0.25) is 14.2 Å². The van der Waals surface area contributed by atoms with Gasteiger partial charge in [0.05, 0.1) is 16.7 Å². The van der Waals surface area contributed by atoms with Gasteiger partial charge in [0.1, 0.15) is 0 Å². The van der Waals surface area contributed by atoms with E-state index < -0.39 is 0 Å². The molecule has 0 unspecified atom stereocenters. The maximum absolute atomic E-state index is 13.0. The van der Waals surface area contributed by atoms with Crippen LogP contribution in [0.3, 0.4) is 0 Å². The number of fused-ring (bicyclic) bond motifs is 1. The number of rotatable bonds is 9. The van der Waals surface area contributed by atoms with Crippen LogP contribution in [0.1, 0.15) is 42.3 Å². The molecule has 1 saturated carbocycles. The number of carbonyl (C=O) groups excluding carboxylic acids is 1. The Labute approximate surface area is 203 Å². The molecule has 1 aliphatic carbocycles. The fourth-order valence-electron chi connectivity index (χ4n) is 4.32. The molecule has 1 heterocycles. The van der Waals surface area contributed by atoms with Gasteiger partial charge in [0.25, 0.3) is 5.56 Å². The Balaban J connectivity index is 1.23. The first-order chi connectivity index (χ1) is 16.7. The van der Waals surface area contributed by atoms with E-state index in [0.717, 1.165) is 19.3 Å². The molecule has 172 valence electrons. The number of hydrogen-bond donors (Lipinski definition) is 1. The summed E-state index contributed by atoms with van der Waals surface area (Å²) in [4.78, 5) is 30.4. The van der Waals surface area contributed by atoms with Gasteiger partial charge < -0.3 is 5.32 Å². The van der Waals surface area contributed by atoms with Gasteiger partial charge in [-0.15, -0.1) is 0 Å². The van der Waals surface area contributed by atoms with Crippen molar-refractivity contribution in [3.05, 3.63) is 106 Å². The zero-order valence-electron chi connectivity index (χ0n) is 18.9. The Morgan fingerprint density at radius 1 is 0.941 bits per heavy atom. The van der Waals surface area contributed by atoms with Gasteiger partial charge in [-0.2, -0.15) is 0 Å². The predicted octanol–water partition coefficient (Wildman–Crippen LogP) is 5.16. The first-order valence-corrected chi connectivity index (χ1v) is 12.7. The summed E-state index contributed by atoms with van der Waals surface area (Å²) in [6.07, 6.45) is 2.78. The molecule has 0 aliphatic heterocycles. The van der Waals surface area contributed by atoms with E-state index in [1.54, 1.807) is 4.57 Å². The van der Waals surface area contributed by atoms with Crippen LogP contribution in [0, 0.1) is 0 Å². The van der Waals surface area contributed by atoms with Gasteiger partial charge in [0, 0.05) is 18.5 Å². The van der Waals surface area contributed by atoms with Crippen LogP contribution in [0.25, 0.3) is 10.9 Å². The number of hydrogen-bond acceptors (Lipinski definition) is 4. The molecule has 1 aromatic heterocycles. The Morgan fingerprint density at radius 3 is 2.21 bits per heavy atom. The third kappa shape index (κ3) is 5.07. The van der Waals surface area contributed by atoms with Crippen molar-refractivity contribution < 1.29 is 4.79 Å². The van der Waals surface area contributed by atoms with Crippen LogP contribution in [0.15, 0.2) is 94.9 Å². The summed E-state index contributed by atoms with van der Waals surface area (Å²) in [5.74, 6) is 0.408. The number of thioether (sulfide) groups is 1. The van der Waals surface area contributed by atoms with Gasteiger partial charge >= 0.3 is 0 Å². The highest BCUT2D eigenvalue weighted by Gasteiger charge is 2.28. The second-order valence-electron chi connectivity index (χ2n) is 8.62. The molecule has 1 amide bonds. The second kappa shape index (κ2) is 10.3. The lowest BCUT2D eigenvalue weighted by molar-refractivity contribution is -0.118. The molecular weight excluding hydrogens is 442 g/mol. The molecule has 3 aromatic carbocycles. The second-order valence-corrected chi connectivity index (χ2v) is 9.56. The lowest BCUT2D eigenvalue weighted by atomic mass is 9.88. The highest BCUT2D eigenvalue weighted by atomic mass is 32.2. The van der Waals surface area contributed by atoms with Crippen LogP contribution in [0.4, 0.5) is 0 Å². The summed E-state index contributed by atoms with van der Waals surface area (Å²) in [5, 5.41) is 4.33. The minimum atomic E-state index is -0.0466. The third-order valence-corrected chi connectivity index (χ3v) is 7.13. The Hall–Kier alpha value is -3.38. The fourth-order valence-corrected chi connectivity index (χ4v) is 5.21. The molecule has 0 saturated heterocycles. The highest BCUT2D eigenvalue weighted by molar-refractivity contribution is 7.99. The van der Waals surface area contributed by atoms with E-state index >= 15 is 0 Å². The number of carbonyl (C=O) groups is 1. The van der Waals surface area contributed by atoms with Crippen LogP contribution in [-0.2, 0) is 4.79 Å². The first-order valence-electron chi connectivity index (χ1n) is 11.7. The average Bonchev–Trinajstić information content (AvgIpc) is 3.72. The molecule has 6 heteroatoms. The van der Waals surface area contributed by atoms with Crippen molar-refractivity contribution in [1.82, 2.24) is 14.9 Å². The van der Waals surface area contributed by atoms with E-state index in [1.807, 2.05) is 36.4 Å². The van der Waals surface area contributed by atoms with Crippen molar-refractivity contribution in [2.75, 3.05) is 12.3 Å². The molecule has 5 rings (SSSR count). The number of amides is 1. The average molecular weight is 470 g/mol. The van der Waals surface area contributed by atoms with E-state index in [0.29, 0.717) is 22.6 Å². The number of nitrogens with zero attached hydrogens (tertiary/aromatic N) is 2. The van der Waals surface area contributed by atoms with Crippen LogP contribution in [-0.4, -0.2) is 27.8 Å². The number of para-hydroxylation sites is 1. The maximum Gasteiger partial charge on any atom is 0.262 e. The SMILES string of the molecule is O=C(CSc1nc2ccccc2c(=O)n1C1CC1)NCCC(c1ccccc1)c1ccccc1. The van der Waals surface area contributed by atoms with Crippen LogP contribution >= 0.6 is 11.8 Å². The summed E-state index contributed by atoms with van der Waals surface area (Å²) in [6.45, 7) is 0.578. The molecule has 1 aliphatic rings. The Morgan fingerprint density at radius 2 is 1.56 bits per heavy atom. The monoisotopic (exact) mass is 469 g/mol. The molecule has 4 aromatic rings. The minimum absolute atomic E-state index is 0.00966. The van der Waals surface area contributed by atoms with Crippen LogP contribution in [0.5, 0.6) is 0 Å². The van der Waals surface area contributed by atoms with Crippen molar-refractivity contribution in [3.8, 4) is 0 Å². The minimum Gasteiger partial charge on any atom is -0.355 e. The molecule has 0 spiro atoms. The van der Waals surface area contributed by atoms with Gasteiger partial charge in [0.2, 0.25) is 5.91 Å². The Kier molecular flexibility index (Phi) is 6.77. The summed E-state index contributed by atoms with van der Waals surface area (Å²) < 4.78 is 1.78. The Bertz CT molecular complexity index is 1290. The topological polar surface area (TPSA) is 64.0 Å². The van der Waals surface area contributed by atoms with Crippen molar-refractivity contribution in [3.63, 3.8) is 0 Å². The predicted molar refractivity (Wildman–Crippen MR) is 137 cm³/mol.